The first-order valence-electron chi connectivity index (χ1n) is 8.77. The van der Waals surface area contributed by atoms with Crippen LogP contribution in [0, 0.1) is 13.8 Å². The van der Waals surface area contributed by atoms with E-state index < -0.39 is 7.82 Å². The average Bonchev–Trinajstić information content (AvgIpc) is 2.58. The van der Waals surface area contributed by atoms with Crippen LogP contribution in [-0.4, -0.2) is 36.3 Å². The summed E-state index contributed by atoms with van der Waals surface area (Å²) >= 11 is 0. The van der Waals surface area contributed by atoms with E-state index in [0.29, 0.717) is 17.3 Å². The lowest BCUT2D eigenvalue weighted by Crippen LogP contribution is -2.07. The van der Waals surface area contributed by atoms with Crippen molar-refractivity contribution in [1.29, 1.82) is 0 Å². The van der Waals surface area contributed by atoms with E-state index in [1.807, 2.05) is 0 Å². The second-order valence-corrected chi connectivity index (χ2v) is 7.18. The molecule has 5 N–H and O–H groups in total. The molecule has 0 aliphatic rings. The number of nitrogens with zero attached hydrogens (tertiary/aromatic N) is 2. The van der Waals surface area contributed by atoms with Gasteiger partial charge in [-0.2, -0.15) is 0 Å². The van der Waals surface area contributed by atoms with Gasteiger partial charge in [-0.1, -0.05) is 43.2 Å². The number of aryl methyl sites for hydroxylation is 3. The Kier molecular flexibility index (Phi) is 9.96. The number of aromatic nitrogens is 2. The van der Waals surface area contributed by atoms with Gasteiger partial charge in [-0.15, -0.1) is 0 Å². The van der Waals surface area contributed by atoms with Crippen LogP contribution in [0.3, 0.4) is 0 Å². The summed E-state index contributed by atoms with van der Waals surface area (Å²) in [5.74, 6) is 0.795. The Morgan fingerprint density at radius 1 is 0.926 bits per heavy atom. The molecule has 1 aromatic heterocycles. The van der Waals surface area contributed by atoms with E-state index in [-0.39, 0.29) is 5.75 Å². The zero-order valence-electron chi connectivity index (χ0n) is 15.7. The van der Waals surface area contributed by atoms with E-state index in [1.54, 1.807) is 13.8 Å². The molecule has 9 heteroatoms. The monoisotopic (exact) mass is 397 g/mol. The van der Waals surface area contributed by atoms with Crippen LogP contribution in [0.4, 0.5) is 5.95 Å². The van der Waals surface area contributed by atoms with Gasteiger partial charge in [0.05, 0.1) is 11.4 Å². The van der Waals surface area contributed by atoms with Gasteiger partial charge in [0.2, 0.25) is 5.95 Å². The van der Waals surface area contributed by atoms with E-state index >= 15 is 0 Å². The first kappa shape index (κ1) is 23.0. The lowest BCUT2D eigenvalue weighted by molar-refractivity contribution is 0.275. The SMILES string of the molecule is Cc1nc(NCCCCCCc2ccccc2)nc(C)c1O.O=P(O)(O)O. The molecule has 1 heterocycles. The van der Waals surface area contributed by atoms with Crippen LogP contribution in [0.15, 0.2) is 30.3 Å². The van der Waals surface area contributed by atoms with Gasteiger partial charge in [-0.05, 0) is 38.7 Å². The predicted molar refractivity (Wildman–Crippen MR) is 105 cm³/mol. The molecule has 27 heavy (non-hydrogen) atoms. The van der Waals surface area contributed by atoms with Gasteiger partial charge in [0.15, 0.2) is 5.75 Å². The number of aromatic hydroxyl groups is 1. The number of benzene rings is 1. The maximum Gasteiger partial charge on any atom is 0.466 e. The minimum absolute atomic E-state index is 0.187. The minimum Gasteiger partial charge on any atom is -0.504 e. The molecule has 0 radical (unpaired) electrons. The van der Waals surface area contributed by atoms with Gasteiger partial charge < -0.3 is 25.1 Å². The summed E-state index contributed by atoms with van der Waals surface area (Å²) in [7, 11) is -4.64. The minimum atomic E-state index is -4.64. The number of anilines is 1. The van der Waals surface area contributed by atoms with Gasteiger partial charge in [0, 0.05) is 6.54 Å². The summed E-state index contributed by atoms with van der Waals surface area (Å²) in [5.41, 5.74) is 2.67. The van der Waals surface area contributed by atoms with Crippen molar-refractivity contribution in [1.82, 2.24) is 9.97 Å². The number of hydrogen-bond acceptors (Lipinski definition) is 5. The third-order valence-electron chi connectivity index (χ3n) is 3.75. The molecule has 0 amide bonds. The highest BCUT2D eigenvalue weighted by Gasteiger charge is 2.05. The van der Waals surface area contributed by atoms with Crippen molar-refractivity contribution in [3.8, 4) is 5.75 Å². The highest BCUT2D eigenvalue weighted by atomic mass is 31.2. The van der Waals surface area contributed by atoms with Gasteiger partial charge in [-0.3, -0.25) is 0 Å². The molecule has 0 bridgehead atoms. The number of nitrogens with one attached hydrogen (secondary N) is 1. The van der Waals surface area contributed by atoms with Crippen molar-refractivity contribution in [2.75, 3.05) is 11.9 Å². The van der Waals surface area contributed by atoms with Gasteiger partial charge in [-0.25, -0.2) is 14.5 Å². The quantitative estimate of drug-likeness (QED) is 0.339. The molecule has 2 rings (SSSR count). The summed E-state index contributed by atoms with van der Waals surface area (Å²) in [6, 6.07) is 10.6. The van der Waals surface area contributed by atoms with Gasteiger partial charge in [0.1, 0.15) is 0 Å². The number of rotatable bonds is 8. The lowest BCUT2D eigenvalue weighted by atomic mass is 10.1. The smallest absolute Gasteiger partial charge is 0.466 e. The highest BCUT2D eigenvalue weighted by molar-refractivity contribution is 7.45. The molecule has 0 aliphatic heterocycles. The van der Waals surface area contributed by atoms with Crippen LogP contribution >= 0.6 is 7.82 Å². The Labute approximate surface area is 159 Å². The summed E-state index contributed by atoms with van der Waals surface area (Å²) in [4.78, 5) is 30.0. The van der Waals surface area contributed by atoms with Crippen molar-refractivity contribution in [3.05, 3.63) is 47.3 Å². The topological polar surface area (TPSA) is 136 Å². The number of unbranched alkanes of at least 4 members (excludes halogenated alkanes) is 3. The zero-order chi connectivity index (χ0) is 20.3. The van der Waals surface area contributed by atoms with Crippen molar-refractivity contribution in [3.63, 3.8) is 0 Å². The molecule has 2 aromatic rings. The van der Waals surface area contributed by atoms with Gasteiger partial charge >= 0.3 is 7.82 Å². The lowest BCUT2D eigenvalue weighted by Gasteiger charge is -2.08. The Hall–Kier alpha value is -1.99. The summed E-state index contributed by atoms with van der Waals surface area (Å²) in [5, 5.41) is 12.9. The molecule has 0 saturated heterocycles. The molecule has 0 saturated carbocycles. The summed E-state index contributed by atoms with van der Waals surface area (Å²) in [6.45, 7) is 4.45. The Morgan fingerprint density at radius 2 is 1.44 bits per heavy atom. The fraction of sp³-hybridized carbons (Fsp3) is 0.444. The van der Waals surface area contributed by atoms with Crippen molar-refractivity contribution in [2.45, 2.75) is 46.0 Å². The average molecular weight is 397 g/mol. The molecule has 8 nitrogen and oxygen atoms in total. The van der Waals surface area contributed by atoms with E-state index in [1.165, 1.54) is 24.8 Å². The Morgan fingerprint density at radius 3 is 2.00 bits per heavy atom. The van der Waals surface area contributed by atoms with Gasteiger partial charge in [0.25, 0.3) is 0 Å². The third-order valence-corrected chi connectivity index (χ3v) is 3.75. The summed E-state index contributed by atoms with van der Waals surface area (Å²) < 4.78 is 8.88. The molecule has 0 fully saturated rings. The molecular weight excluding hydrogens is 369 g/mol. The van der Waals surface area contributed by atoms with Crippen LogP contribution in [-0.2, 0) is 11.0 Å². The second kappa shape index (κ2) is 11.7. The number of phosphoric acid groups is 1. The second-order valence-electron chi connectivity index (χ2n) is 6.16. The van der Waals surface area contributed by atoms with Crippen molar-refractivity contribution in [2.24, 2.45) is 0 Å². The maximum absolute atomic E-state index is 9.64. The van der Waals surface area contributed by atoms with E-state index in [0.717, 1.165) is 19.4 Å². The Bertz CT molecular complexity index is 706. The highest BCUT2D eigenvalue weighted by Crippen LogP contribution is 2.25. The standard InChI is InChI=1S/C18H25N3O.H3O4P/c1-14-17(22)15(2)21-18(20-14)19-13-9-4-3-6-10-16-11-7-5-8-12-16;1-5(2,3)4/h5,7-8,11-12,22H,3-4,6,9-10,13H2,1-2H3,(H,19,20,21);(H3,1,2,3,4). The molecule has 0 unspecified atom stereocenters. The zero-order valence-corrected chi connectivity index (χ0v) is 16.6. The number of hydrogen-bond donors (Lipinski definition) is 5. The molecule has 0 aliphatic carbocycles. The summed E-state index contributed by atoms with van der Waals surface area (Å²) in [6.07, 6.45) is 5.95. The fourth-order valence-electron chi connectivity index (χ4n) is 2.44. The van der Waals surface area contributed by atoms with Crippen LogP contribution in [0.5, 0.6) is 5.75 Å². The first-order valence-corrected chi connectivity index (χ1v) is 10.3. The molecule has 0 spiro atoms. The normalized spacial score (nSPS) is 10.9. The Balaban J connectivity index is 0.000000646. The first-order chi connectivity index (χ1) is 12.7. The van der Waals surface area contributed by atoms with Crippen molar-refractivity contribution < 1.29 is 24.4 Å². The van der Waals surface area contributed by atoms with Crippen LogP contribution in [0.1, 0.15) is 42.6 Å². The molecule has 0 atom stereocenters. The fourth-order valence-corrected chi connectivity index (χ4v) is 2.44. The molecule has 1 aromatic carbocycles. The van der Waals surface area contributed by atoms with Crippen molar-refractivity contribution >= 4 is 13.8 Å². The van der Waals surface area contributed by atoms with E-state index in [2.05, 4.69) is 45.6 Å². The largest absolute Gasteiger partial charge is 0.504 e. The molecular formula is C18H28N3O5P. The van der Waals surface area contributed by atoms with E-state index in [4.69, 9.17) is 19.2 Å². The van der Waals surface area contributed by atoms with Crippen LogP contribution in [0.25, 0.3) is 0 Å². The van der Waals surface area contributed by atoms with E-state index in [9.17, 15) is 5.11 Å². The van der Waals surface area contributed by atoms with Crippen LogP contribution < -0.4 is 5.32 Å². The van der Waals surface area contributed by atoms with Crippen LogP contribution in [0.2, 0.25) is 0 Å². The predicted octanol–water partition coefficient (Wildman–Crippen LogP) is 3.09. The third kappa shape index (κ3) is 11.4. The maximum atomic E-state index is 9.64. The molecule has 150 valence electrons.